The fourth-order valence-corrected chi connectivity index (χ4v) is 10.2. The van der Waals surface area contributed by atoms with E-state index in [0.29, 0.717) is 0 Å². The largest absolute Gasteiger partial charge is 0.310 e. The van der Waals surface area contributed by atoms with E-state index in [1.165, 1.54) is 77.9 Å². The van der Waals surface area contributed by atoms with Gasteiger partial charge in [0.05, 0.1) is 11.1 Å². The molecule has 0 aromatic heterocycles. The Balaban J connectivity index is 1.21. The molecule has 1 unspecified atom stereocenters. The Kier molecular flexibility index (Phi) is 8.13. The van der Waals surface area contributed by atoms with Crippen molar-refractivity contribution in [3.8, 4) is 44.5 Å². The first-order valence-electron chi connectivity index (χ1n) is 20.7. The first-order valence-corrected chi connectivity index (χ1v) is 20.7. The van der Waals surface area contributed by atoms with Crippen LogP contribution in [-0.4, -0.2) is 0 Å². The Bertz CT molecular complexity index is 3000. The molecule has 0 amide bonds. The summed E-state index contributed by atoms with van der Waals surface area (Å²) in [6.45, 7) is 4.74. The van der Waals surface area contributed by atoms with E-state index < -0.39 is 5.41 Å². The molecule has 1 heteroatoms. The minimum Gasteiger partial charge on any atom is -0.310 e. The molecule has 9 aromatic carbocycles. The molecule has 9 aromatic rings. The van der Waals surface area contributed by atoms with Gasteiger partial charge in [-0.15, -0.1) is 0 Å². The maximum Gasteiger partial charge on any atom is 0.0734 e. The third-order valence-corrected chi connectivity index (χ3v) is 12.9. The highest BCUT2D eigenvalue weighted by Gasteiger charge is 2.48. The van der Waals surface area contributed by atoms with Crippen molar-refractivity contribution in [1.82, 2.24) is 0 Å². The van der Waals surface area contributed by atoms with Crippen LogP contribution in [0.4, 0.5) is 17.1 Å². The number of hydrogen-bond donors (Lipinski definition) is 0. The molecule has 0 radical (unpaired) electrons. The van der Waals surface area contributed by atoms with Gasteiger partial charge in [0.15, 0.2) is 0 Å². The van der Waals surface area contributed by atoms with E-state index in [4.69, 9.17) is 0 Å². The van der Waals surface area contributed by atoms with Gasteiger partial charge >= 0.3 is 0 Å². The Morgan fingerprint density at radius 3 is 1.53 bits per heavy atom. The highest BCUT2D eigenvalue weighted by molar-refractivity contribution is 5.95. The van der Waals surface area contributed by atoms with Crippen LogP contribution in [0.2, 0.25) is 0 Å². The second kappa shape index (κ2) is 13.7. The van der Waals surface area contributed by atoms with Gasteiger partial charge in [0.2, 0.25) is 0 Å². The quantitative estimate of drug-likeness (QED) is 0.157. The van der Waals surface area contributed by atoms with E-state index in [1.54, 1.807) is 0 Å². The van der Waals surface area contributed by atoms with E-state index in [2.05, 4.69) is 243 Å². The zero-order valence-electron chi connectivity index (χ0n) is 33.3. The zero-order valence-corrected chi connectivity index (χ0v) is 33.3. The van der Waals surface area contributed by atoms with Gasteiger partial charge in [-0.2, -0.15) is 0 Å². The first-order chi connectivity index (χ1) is 29.0. The zero-order chi connectivity index (χ0) is 39.6. The van der Waals surface area contributed by atoms with Gasteiger partial charge in [0.1, 0.15) is 0 Å². The van der Waals surface area contributed by atoms with Gasteiger partial charge in [-0.25, -0.2) is 0 Å². The number of hydrogen-bond acceptors (Lipinski definition) is 1. The maximum absolute atomic E-state index is 2.53. The van der Waals surface area contributed by atoms with Crippen molar-refractivity contribution >= 4 is 17.1 Å². The third kappa shape index (κ3) is 5.39. The van der Waals surface area contributed by atoms with Crippen molar-refractivity contribution in [2.45, 2.75) is 24.7 Å². The van der Waals surface area contributed by atoms with Gasteiger partial charge in [0.25, 0.3) is 0 Å². The lowest BCUT2D eigenvalue weighted by Gasteiger charge is -2.38. The van der Waals surface area contributed by atoms with Crippen molar-refractivity contribution in [3.63, 3.8) is 0 Å². The smallest absolute Gasteiger partial charge is 0.0734 e. The molecule has 0 aliphatic heterocycles. The number of nitrogens with zero attached hydrogens (tertiary/aromatic N) is 1. The third-order valence-electron chi connectivity index (χ3n) is 12.9. The average molecular weight is 754 g/mol. The molecule has 0 fully saturated rings. The maximum atomic E-state index is 2.53. The van der Waals surface area contributed by atoms with Crippen molar-refractivity contribution in [2.75, 3.05) is 4.90 Å². The van der Waals surface area contributed by atoms with Crippen LogP contribution in [0.15, 0.2) is 224 Å². The van der Waals surface area contributed by atoms with Crippen molar-refractivity contribution in [3.05, 3.63) is 258 Å². The minimum absolute atomic E-state index is 0.148. The summed E-state index contributed by atoms with van der Waals surface area (Å²) in [5, 5.41) is 0. The number of rotatable bonds is 7. The molecule has 280 valence electrons. The molecule has 59 heavy (non-hydrogen) atoms. The normalized spacial score (nSPS) is 15.5. The lowest BCUT2D eigenvalue weighted by atomic mass is 9.66. The highest BCUT2D eigenvalue weighted by Crippen LogP contribution is 2.61. The van der Waals surface area contributed by atoms with Crippen molar-refractivity contribution in [1.29, 1.82) is 0 Å². The molecule has 0 N–H and O–H groups in total. The van der Waals surface area contributed by atoms with Crippen LogP contribution in [0.25, 0.3) is 44.5 Å². The van der Waals surface area contributed by atoms with E-state index >= 15 is 0 Å². The Labute approximate surface area is 347 Å². The summed E-state index contributed by atoms with van der Waals surface area (Å²) in [6, 6.07) is 83.1. The SMILES string of the molecule is CC1(C)c2ccccc2-c2ccc(N(c3ccc(-c4ccccc4)cc3)c3cccc4c3C(c3ccccc3)(c3cccc(-c5ccccc5)c3)c3ccccc3-4)cc21. The van der Waals surface area contributed by atoms with Crippen molar-refractivity contribution < 1.29 is 0 Å². The molecule has 2 aliphatic carbocycles. The van der Waals surface area contributed by atoms with Gasteiger partial charge < -0.3 is 4.90 Å². The molecule has 0 spiro atoms. The van der Waals surface area contributed by atoms with Gasteiger partial charge in [-0.1, -0.05) is 202 Å². The number of benzene rings is 9. The Morgan fingerprint density at radius 2 is 0.814 bits per heavy atom. The second-order valence-corrected chi connectivity index (χ2v) is 16.5. The monoisotopic (exact) mass is 753 g/mol. The molecular weight excluding hydrogens is 711 g/mol. The van der Waals surface area contributed by atoms with Gasteiger partial charge in [0, 0.05) is 22.4 Å². The molecule has 0 saturated carbocycles. The first kappa shape index (κ1) is 35.0. The van der Waals surface area contributed by atoms with E-state index in [0.717, 1.165) is 17.1 Å². The average Bonchev–Trinajstić information content (AvgIpc) is 3.74. The van der Waals surface area contributed by atoms with Gasteiger partial charge in [-0.05, 0) is 109 Å². The Morgan fingerprint density at radius 1 is 0.322 bits per heavy atom. The Hall–Kier alpha value is -7.22. The lowest BCUT2D eigenvalue weighted by Crippen LogP contribution is -2.30. The summed E-state index contributed by atoms with van der Waals surface area (Å²) in [6.07, 6.45) is 0. The second-order valence-electron chi connectivity index (χ2n) is 16.5. The summed E-state index contributed by atoms with van der Waals surface area (Å²) in [5.41, 5.74) is 20.4. The fraction of sp³-hybridized carbons (Fsp3) is 0.0690. The highest BCUT2D eigenvalue weighted by atomic mass is 15.1. The summed E-state index contributed by atoms with van der Waals surface area (Å²) >= 11 is 0. The summed E-state index contributed by atoms with van der Waals surface area (Å²) in [7, 11) is 0. The molecule has 1 nitrogen and oxygen atoms in total. The predicted molar refractivity (Wildman–Crippen MR) is 247 cm³/mol. The molecular formula is C58H43N. The summed E-state index contributed by atoms with van der Waals surface area (Å²) < 4.78 is 0. The van der Waals surface area contributed by atoms with Crippen LogP contribution < -0.4 is 4.90 Å². The fourth-order valence-electron chi connectivity index (χ4n) is 10.2. The van der Waals surface area contributed by atoms with Gasteiger partial charge in [-0.3, -0.25) is 0 Å². The molecule has 0 saturated heterocycles. The molecule has 1 atom stereocenters. The molecule has 2 aliphatic rings. The van der Waals surface area contributed by atoms with Crippen LogP contribution in [-0.2, 0) is 10.8 Å². The van der Waals surface area contributed by atoms with Crippen LogP contribution in [0.3, 0.4) is 0 Å². The molecule has 0 heterocycles. The molecule has 0 bridgehead atoms. The number of anilines is 3. The van der Waals surface area contributed by atoms with E-state index in [-0.39, 0.29) is 5.41 Å². The van der Waals surface area contributed by atoms with E-state index in [1.807, 2.05) is 0 Å². The van der Waals surface area contributed by atoms with E-state index in [9.17, 15) is 0 Å². The van der Waals surface area contributed by atoms with Crippen LogP contribution in [0, 0.1) is 0 Å². The van der Waals surface area contributed by atoms with Crippen LogP contribution >= 0.6 is 0 Å². The topological polar surface area (TPSA) is 3.24 Å². The number of fused-ring (bicyclic) bond motifs is 6. The summed E-state index contributed by atoms with van der Waals surface area (Å²) in [5.74, 6) is 0. The predicted octanol–water partition coefficient (Wildman–Crippen LogP) is 15.2. The van der Waals surface area contributed by atoms with Crippen LogP contribution in [0.5, 0.6) is 0 Å². The van der Waals surface area contributed by atoms with Crippen molar-refractivity contribution in [2.24, 2.45) is 0 Å². The molecule has 11 rings (SSSR count). The summed E-state index contributed by atoms with van der Waals surface area (Å²) in [4.78, 5) is 2.53. The standard InChI is InChI=1S/C58H43N/c1-57(2)52-29-14-12-26-48(52)50-37-36-47(39-54(50)57)59(46-34-32-42(33-35-46)40-18-6-3-7-19-40)55-31-17-28-51-49-27-13-15-30-53(49)58(56(51)55,44-23-10-5-11-24-44)45-25-16-22-43(38-45)41-20-8-4-9-21-41/h3-39H,1-2H3. The van der Waals surface area contributed by atoms with Crippen LogP contribution in [0.1, 0.15) is 47.2 Å². The lowest BCUT2D eigenvalue weighted by molar-refractivity contribution is 0.660. The minimum atomic E-state index is -0.622.